The molecule has 7 nitrogen and oxygen atoms in total. The summed E-state index contributed by atoms with van der Waals surface area (Å²) in [6.07, 6.45) is 0.680. The van der Waals surface area contributed by atoms with E-state index in [4.69, 9.17) is 5.11 Å². The van der Waals surface area contributed by atoms with Crippen LogP contribution < -0.4 is 10.6 Å². The number of carbonyl (C=O) groups is 3. The minimum absolute atomic E-state index is 0.00769. The lowest BCUT2D eigenvalue weighted by Crippen LogP contribution is -2.47. The van der Waals surface area contributed by atoms with Crippen LogP contribution in [0.1, 0.15) is 30.6 Å². The molecule has 0 bridgehead atoms. The first-order valence-corrected chi connectivity index (χ1v) is 7.24. The van der Waals surface area contributed by atoms with Gasteiger partial charge in [0, 0.05) is 0 Å². The summed E-state index contributed by atoms with van der Waals surface area (Å²) < 4.78 is 4.66. The van der Waals surface area contributed by atoms with E-state index in [2.05, 4.69) is 15.4 Å². The van der Waals surface area contributed by atoms with Crippen LogP contribution >= 0.6 is 11.3 Å². The molecule has 2 amide bonds. The number of carboxylic acid groups (broad SMARTS) is 1. The number of nitrogens with one attached hydrogen (secondary N) is 2. The van der Waals surface area contributed by atoms with Crippen LogP contribution in [0.5, 0.6) is 0 Å². The Morgan fingerprint density at radius 1 is 1.43 bits per heavy atom. The number of carboxylic acids is 1. The highest BCUT2D eigenvalue weighted by atomic mass is 32.1. The molecule has 0 spiro atoms. The van der Waals surface area contributed by atoms with E-state index in [1.54, 1.807) is 5.38 Å². The number of urea groups is 1. The molecule has 0 saturated carbocycles. The fraction of sp³-hybridized carbons (Fsp3) is 0.462. The molecule has 1 heterocycles. The molecule has 0 radical (unpaired) electrons. The van der Waals surface area contributed by atoms with E-state index in [-0.39, 0.29) is 16.5 Å². The fourth-order valence-corrected chi connectivity index (χ4v) is 2.43. The number of thiophene rings is 1. The number of esters is 1. The Labute approximate surface area is 126 Å². The van der Waals surface area contributed by atoms with E-state index >= 15 is 0 Å². The van der Waals surface area contributed by atoms with Gasteiger partial charge >= 0.3 is 18.0 Å². The van der Waals surface area contributed by atoms with Crippen molar-refractivity contribution in [3.8, 4) is 0 Å². The van der Waals surface area contributed by atoms with Crippen molar-refractivity contribution in [1.82, 2.24) is 5.32 Å². The summed E-state index contributed by atoms with van der Waals surface area (Å²) in [4.78, 5) is 34.5. The monoisotopic (exact) mass is 314 g/mol. The highest BCUT2D eigenvalue weighted by Gasteiger charge is 2.27. The first-order valence-electron chi connectivity index (χ1n) is 6.36. The smallest absolute Gasteiger partial charge is 0.338 e. The third kappa shape index (κ3) is 4.45. The summed E-state index contributed by atoms with van der Waals surface area (Å²) in [6.45, 7) is 3.71. The Bertz CT molecular complexity index is 528. The van der Waals surface area contributed by atoms with Crippen LogP contribution in [0.3, 0.4) is 0 Å². The predicted octanol–water partition coefficient (Wildman–Crippen LogP) is 2.16. The zero-order valence-corrected chi connectivity index (χ0v) is 12.8. The van der Waals surface area contributed by atoms with Gasteiger partial charge in [0.1, 0.15) is 11.0 Å². The number of anilines is 1. The van der Waals surface area contributed by atoms with Crippen molar-refractivity contribution < 1.29 is 24.2 Å². The molecule has 0 aliphatic rings. The molecule has 1 rings (SSSR count). The predicted molar refractivity (Wildman–Crippen MR) is 78.7 cm³/mol. The van der Waals surface area contributed by atoms with Gasteiger partial charge in [-0.1, -0.05) is 20.3 Å². The number of hydrogen-bond donors (Lipinski definition) is 3. The Kier molecular flexibility index (Phi) is 6.16. The van der Waals surface area contributed by atoms with Gasteiger partial charge in [0.25, 0.3) is 0 Å². The van der Waals surface area contributed by atoms with Crippen molar-refractivity contribution in [3.63, 3.8) is 0 Å². The second-order valence-corrected chi connectivity index (χ2v) is 5.37. The van der Waals surface area contributed by atoms with Gasteiger partial charge < -0.3 is 15.2 Å². The van der Waals surface area contributed by atoms with Gasteiger partial charge in [-0.2, -0.15) is 0 Å². The summed E-state index contributed by atoms with van der Waals surface area (Å²) in [5.41, 5.74) is 0.00769. The summed E-state index contributed by atoms with van der Waals surface area (Å²) >= 11 is 1.09. The van der Waals surface area contributed by atoms with E-state index in [1.807, 2.05) is 13.8 Å². The summed E-state index contributed by atoms with van der Waals surface area (Å²) in [5, 5.41) is 15.7. The maximum Gasteiger partial charge on any atom is 0.338 e. The van der Waals surface area contributed by atoms with Crippen molar-refractivity contribution in [1.29, 1.82) is 0 Å². The van der Waals surface area contributed by atoms with Crippen molar-refractivity contribution in [2.24, 2.45) is 5.92 Å². The molecule has 21 heavy (non-hydrogen) atoms. The molecule has 0 aliphatic heterocycles. The molecule has 0 saturated heterocycles. The third-order valence-electron chi connectivity index (χ3n) is 3.08. The maximum atomic E-state index is 11.9. The van der Waals surface area contributed by atoms with Crippen molar-refractivity contribution >= 4 is 34.3 Å². The summed E-state index contributed by atoms with van der Waals surface area (Å²) in [5.74, 6) is -1.77. The SMILES string of the molecule is CCC(C)C(NC(=O)Nc1sccc1C(=O)O)C(=O)OC. The molecule has 8 heteroatoms. The van der Waals surface area contributed by atoms with E-state index in [0.29, 0.717) is 6.42 Å². The molecule has 1 aromatic heterocycles. The van der Waals surface area contributed by atoms with Crippen LogP contribution in [0.2, 0.25) is 0 Å². The van der Waals surface area contributed by atoms with E-state index < -0.39 is 24.0 Å². The van der Waals surface area contributed by atoms with Crippen LogP contribution in [0.25, 0.3) is 0 Å². The molecular weight excluding hydrogens is 296 g/mol. The molecule has 1 aromatic rings. The summed E-state index contributed by atoms with van der Waals surface area (Å²) in [7, 11) is 1.25. The Balaban J connectivity index is 2.76. The van der Waals surface area contributed by atoms with Crippen molar-refractivity contribution in [2.45, 2.75) is 26.3 Å². The normalized spacial score (nSPS) is 13.1. The standard InChI is InChI=1S/C13H18N2O5S/c1-4-7(2)9(12(18)20-3)14-13(19)15-10-8(11(16)17)5-6-21-10/h5-7,9H,4H2,1-3H3,(H,16,17)(H2,14,15,19). The van der Waals surface area contributed by atoms with Crippen LogP contribution in [0.15, 0.2) is 11.4 Å². The minimum Gasteiger partial charge on any atom is -0.478 e. The fourth-order valence-electron chi connectivity index (χ4n) is 1.65. The van der Waals surface area contributed by atoms with Gasteiger partial charge in [0.05, 0.1) is 12.7 Å². The van der Waals surface area contributed by atoms with E-state index in [1.165, 1.54) is 13.2 Å². The lowest BCUT2D eigenvalue weighted by Gasteiger charge is -2.21. The topological polar surface area (TPSA) is 105 Å². The van der Waals surface area contributed by atoms with Crippen molar-refractivity contribution in [3.05, 3.63) is 17.0 Å². The molecule has 3 N–H and O–H groups in total. The van der Waals surface area contributed by atoms with E-state index in [9.17, 15) is 14.4 Å². The molecular formula is C13H18N2O5S. The third-order valence-corrected chi connectivity index (χ3v) is 3.91. The highest BCUT2D eigenvalue weighted by Crippen LogP contribution is 2.23. The lowest BCUT2D eigenvalue weighted by molar-refractivity contribution is -0.144. The quantitative estimate of drug-likeness (QED) is 0.698. The number of hydrogen-bond acceptors (Lipinski definition) is 5. The largest absolute Gasteiger partial charge is 0.478 e. The molecule has 0 aromatic carbocycles. The van der Waals surface area contributed by atoms with Gasteiger partial charge in [-0.25, -0.2) is 14.4 Å². The first kappa shape index (κ1) is 17.0. The van der Waals surface area contributed by atoms with Crippen LogP contribution in [-0.2, 0) is 9.53 Å². The number of methoxy groups -OCH3 is 1. The Morgan fingerprint density at radius 2 is 2.10 bits per heavy atom. The molecule has 116 valence electrons. The highest BCUT2D eigenvalue weighted by molar-refractivity contribution is 7.14. The van der Waals surface area contributed by atoms with Gasteiger partial charge in [-0.3, -0.25) is 5.32 Å². The molecule has 2 atom stereocenters. The second kappa shape index (κ2) is 7.63. The average Bonchev–Trinajstić information content (AvgIpc) is 2.91. The van der Waals surface area contributed by atoms with Gasteiger partial charge in [0.2, 0.25) is 0 Å². The maximum absolute atomic E-state index is 11.9. The minimum atomic E-state index is -1.13. The summed E-state index contributed by atoms with van der Waals surface area (Å²) in [6, 6.07) is -0.0291. The molecule has 0 fully saturated rings. The molecule has 0 aliphatic carbocycles. The Morgan fingerprint density at radius 3 is 2.62 bits per heavy atom. The Hall–Kier alpha value is -2.09. The number of carbonyl (C=O) groups excluding carboxylic acids is 2. The zero-order chi connectivity index (χ0) is 16.0. The number of rotatable bonds is 6. The second-order valence-electron chi connectivity index (χ2n) is 4.45. The van der Waals surface area contributed by atoms with Gasteiger partial charge in [-0.15, -0.1) is 11.3 Å². The molecule has 2 unspecified atom stereocenters. The van der Waals surface area contributed by atoms with Gasteiger partial charge in [0.15, 0.2) is 0 Å². The number of aromatic carboxylic acids is 1. The van der Waals surface area contributed by atoms with Crippen LogP contribution in [0, 0.1) is 5.92 Å². The van der Waals surface area contributed by atoms with Crippen LogP contribution in [-0.4, -0.2) is 36.2 Å². The van der Waals surface area contributed by atoms with Gasteiger partial charge in [-0.05, 0) is 17.4 Å². The average molecular weight is 314 g/mol. The van der Waals surface area contributed by atoms with Crippen molar-refractivity contribution in [2.75, 3.05) is 12.4 Å². The van der Waals surface area contributed by atoms with E-state index in [0.717, 1.165) is 11.3 Å². The number of ether oxygens (including phenoxy) is 1. The first-order chi connectivity index (χ1) is 9.90. The lowest BCUT2D eigenvalue weighted by atomic mass is 9.99. The van der Waals surface area contributed by atoms with Crippen LogP contribution in [0.4, 0.5) is 9.80 Å². The zero-order valence-electron chi connectivity index (χ0n) is 12.0. The number of amides is 2.